The van der Waals surface area contributed by atoms with Gasteiger partial charge in [-0.25, -0.2) is 0 Å². The molecular weight excluding hydrogens is 241 g/mol. The maximum Gasteiger partial charge on any atom is 0.212 e. The Morgan fingerprint density at radius 2 is 1.55 bits per heavy atom. The van der Waals surface area contributed by atoms with E-state index in [4.69, 9.17) is 0 Å². The first-order valence-corrected chi connectivity index (χ1v) is 7.40. The lowest BCUT2D eigenvalue weighted by Gasteiger charge is -2.44. The minimum Gasteiger partial charge on any atom is -0.337 e. The number of anilines is 2. The highest BCUT2D eigenvalue weighted by Gasteiger charge is 2.35. The largest absolute Gasteiger partial charge is 0.337 e. The summed E-state index contributed by atoms with van der Waals surface area (Å²) in [6, 6.07) is 15.5. The van der Waals surface area contributed by atoms with Gasteiger partial charge < -0.3 is 4.90 Å². The predicted octanol–water partition coefficient (Wildman–Crippen LogP) is 3.48. The van der Waals surface area contributed by atoms with Crippen molar-refractivity contribution >= 4 is 29.0 Å². The summed E-state index contributed by atoms with van der Waals surface area (Å²) in [5.74, 6) is 0. The van der Waals surface area contributed by atoms with Crippen molar-refractivity contribution < 1.29 is 0 Å². The molecule has 2 heteroatoms. The summed E-state index contributed by atoms with van der Waals surface area (Å²) < 4.78 is 0. The van der Waals surface area contributed by atoms with Gasteiger partial charge in [0.05, 0.1) is 0 Å². The minimum absolute atomic E-state index is 0.0682. The first-order valence-electron chi connectivity index (χ1n) is 7.40. The standard InChI is InChI=1S/C18H22BN/c1-13-9-8-12-16-17(13)19(5)14-10-6-7-11-15(14)20(16)18(2,3)4/h6-12H,1-5H3. The number of nitrogens with zero attached hydrogens (tertiary/aromatic N) is 1. The van der Waals surface area contributed by atoms with E-state index in [2.05, 4.69) is 81.9 Å². The van der Waals surface area contributed by atoms with Crippen molar-refractivity contribution in [2.75, 3.05) is 4.90 Å². The molecular formula is C18H22BN. The fourth-order valence-corrected chi connectivity index (χ4v) is 3.49. The number of para-hydroxylation sites is 1. The summed E-state index contributed by atoms with van der Waals surface area (Å²) in [7, 11) is 0. The van der Waals surface area contributed by atoms with E-state index in [1.165, 1.54) is 27.9 Å². The summed E-state index contributed by atoms with van der Waals surface area (Å²) in [5.41, 5.74) is 7.08. The van der Waals surface area contributed by atoms with Crippen LogP contribution in [0.3, 0.4) is 0 Å². The lowest BCUT2D eigenvalue weighted by atomic mass is 9.39. The van der Waals surface area contributed by atoms with Gasteiger partial charge in [0, 0.05) is 16.9 Å². The number of rotatable bonds is 0. The Bertz CT molecular complexity index is 655. The van der Waals surface area contributed by atoms with Crippen LogP contribution >= 0.6 is 0 Å². The Morgan fingerprint density at radius 3 is 2.25 bits per heavy atom. The van der Waals surface area contributed by atoms with Crippen molar-refractivity contribution in [2.24, 2.45) is 0 Å². The van der Waals surface area contributed by atoms with E-state index >= 15 is 0 Å². The van der Waals surface area contributed by atoms with E-state index in [0.717, 1.165) is 0 Å². The third-order valence-electron chi connectivity index (χ3n) is 4.29. The highest BCUT2D eigenvalue weighted by molar-refractivity contribution is 6.87. The van der Waals surface area contributed by atoms with Crippen LogP contribution in [0.25, 0.3) is 0 Å². The Balaban J connectivity index is 2.34. The van der Waals surface area contributed by atoms with Gasteiger partial charge in [-0.1, -0.05) is 48.2 Å². The molecule has 0 amide bonds. The summed E-state index contributed by atoms with van der Waals surface area (Å²) in [6.45, 7) is 11.9. The predicted molar refractivity (Wildman–Crippen MR) is 90.4 cm³/mol. The lowest BCUT2D eigenvalue weighted by molar-refractivity contribution is 0.561. The second-order valence-corrected chi connectivity index (χ2v) is 6.79. The Kier molecular flexibility index (Phi) is 2.93. The highest BCUT2D eigenvalue weighted by atomic mass is 15.2. The van der Waals surface area contributed by atoms with Crippen LogP contribution in [0.2, 0.25) is 6.82 Å². The molecule has 0 bridgehead atoms. The molecule has 0 aromatic heterocycles. The van der Waals surface area contributed by atoms with Gasteiger partial charge in [-0.05, 0) is 45.3 Å². The maximum atomic E-state index is 2.49. The Morgan fingerprint density at radius 1 is 0.900 bits per heavy atom. The zero-order chi connectivity index (χ0) is 14.5. The van der Waals surface area contributed by atoms with Crippen molar-refractivity contribution in [1.82, 2.24) is 0 Å². The number of hydrogen-bond acceptors (Lipinski definition) is 1. The molecule has 3 rings (SSSR count). The fraction of sp³-hybridized carbons (Fsp3) is 0.333. The van der Waals surface area contributed by atoms with Gasteiger partial charge in [-0.15, -0.1) is 0 Å². The molecule has 2 aromatic rings. The summed E-state index contributed by atoms with van der Waals surface area (Å²) in [5, 5.41) is 0. The van der Waals surface area contributed by atoms with Crippen molar-refractivity contribution in [3.8, 4) is 0 Å². The van der Waals surface area contributed by atoms with Crippen molar-refractivity contribution in [3.05, 3.63) is 48.0 Å². The van der Waals surface area contributed by atoms with Crippen molar-refractivity contribution in [2.45, 2.75) is 40.1 Å². The second-order valence-electron chi connectivity index (χ2n) is 6.79. The zero-order valence-corrected chi connectivity index (χ0v) is 13.1. The first kappa shape index (κ1) is 13.3. The third-order valence-corrected chi connectivity index (χ3v) is 4.29. The van der Waals surface area contributed by atoms with E-state index < -0.39 is 0 Å². The average Bonchev–Trinajstić information content (AvgIpc) is 2.37. The average molecular weight is 263 g/mol. The molecule has 1 heterocycles. The van der Waals surface area contributed by atoms with Crippen LogP contribution in [0.1, 0.15) is 26.3 Å². The molecule has 2 aromatic carbocycles. The lowest BCUT2D eigenvalue weighted by Crippen LogP contribution is -2.54. The van der Waals surface area contributed by atoms with E-state index in [0.29, 0.717) is 6.71 Å². The summed E-state index contributed by atoms with van der Waals surface area (Å²) in [4.78, 5) is 2.49. The van der Waals surface area contributed by atoms with Crippen LogP contribution in [0.15, 0.2) is 42.5 Å². The molecule has 0 N–H and O–H groups in total. The van der Waals surface area contributed by atoms with Crippen LogP contribution in [-0.2, 0) is 0 Å². The number of benzene rings is 2. The van der Waals surface area contributed by atoms with Gasteiger partial charge in [0.2, 0.25) is 6.71 Å². The van der Waals surface area contributed by atoms with Gasteiger partial charge in [0.15, 0.2) is 0 Å². The number of fused-ring (bicyclic) bond motifs is 2. The molecule has 0 saturated heterocycles. The van der Waals surface area contributed by atoms with Gasteiger partial charge >= 0.3 is 0 Å². The fourth-order valence-electron chi connectivity index (χ4n) is 3.49. The Labute approximate surface area is 122 Å². The van der Waals surface area contributed by atoms with Crippen molar-refractivity contribution in [3.63, 3.8) is 0 Å². The van der Waals surface area contributed by atoms with Crippen molar-refractivity contribution in [1.29, 1.82) is 0 Å². The molecule has 0 radical (unpaired) electrons. The second kappa shape index (κ2) is 4.41. The van der Waals surface area contributed by atoms with Gasteiger partial charge in [0.1, 0.15) is 0 Å². The SMILES string of the molecule is CB1c2ccccc2N(C(C)(C)C)c2cccc(C)c21. The summed E-state index contributed by atoms with van der Waals surface area (Å²) >= 11 is 0. The van der Waals surface area contributed by atoms with Crippen LogP contribution in [0.5, 0.6) is 0 Å². The number of aryl methyl sites for hydroxylation is 1. The quantitative estimate of drug-likeness (QED) is 0.658. The molecule has 0 atom stereocenters. The van der Waals surface area contributed by atoms with Crippen LogP contribution in [0, 0.1) is 6.92 Å². The smallest absolute Gasteiger partial charge is 0.212 e. The molecule has 0 fully saturated rings. The van der Waals surface area contributed by atoms with E-state index in [-0.39, 0.29) is 5.54 Å². The topological polar surface area (TPSA) is 3.24 Å². The maximum absolute atomic E-state index is 2.49. The molecule has 0 spiro atoms. The monoisotopic (exact) mass is 263 g/mol. The molecule has 0 saturated carbocycles. The molecule has 0 aliphatic carbocycles. The van der Waals surface area contributed by atoms with Crippen LogP contribution < -0.4 is 15.8 Å². The number of hydrogen-bond donors (Lipinski definition) is 0. The zero-order valence-electron chi connectivity index (χ0n) is 13.1. The third kappa shape index (κ3) is 1.86. The summed E-state index contributed by atoms with van der Waals surface area (Å²) in [6.07, 6.45) is 0. The van der Waals surface area contributed by atoms with Crippen LogP contribution in [-0.4, -0.2) is 12.3 Å². The Hall–Kier alpha value is -1.70. The molecule has 1 aliphatic heterocycles. The van der Waals surface area contributed by atoms with Crippen LogP contribution in [0.4, 0.5) is 11.4 Å². The normalized spacial score (nSPS) is 14.1. The minimum atomic E-state index is 0.0682. The van der Waals surface area contributed by atoms with Gasteiger partial charge in [0.25, 0.3) is 0 Å². The van der Waals surface area contributed by atoms with E-state index in [1.807, 2.05) is 0 Å². The molecule has 1 aliphatic rings. The van der Waals surface area contributed by atoms with Gasteiger partial charge in [-0.3, -0.25) is 0 Å². The molecule has 1 nitrogen and oxygen atoms in total. The molecule has 0 unspecified atom stereocenters. The molecule has 20 heavy (non-hydrogen) atoms. The van der Waals surface area contributed by atoms with E-state index in [1.54, 1.807) is 0 Å². The first-order chi connectivity index (χ1) is 9.41. The van der Waals surface area contributed by atoms with E-state index in [9.17, 15) is 0 Å². The highest BCUT2D eigenvalue weighted by Crippen LogP contribution is 2.34. The van der Waals surface area contributed by atoms with Gasteiger partial charge in [-0.2, -0.15) is 0 Å². The molecule has 102 valence electrons.